The van der Waals surface area contributed by atoms with Gasteiger partial charge in [-0.05, 0) is 11.4 Å². The normalized spacial score (nSPS) is 29.5. The molecule has 2 heterocycles. The number of thiophene rings is 1. The molecule has 1 unspecified atom stereocenters. The fourth-order valence-corrected chi connectivity index (χ4v) is 2.71. The van der Waals surface area contributed by atoms with Gasteiger partial charge in [-0.1, -0.05) is 11.6 Å². The first-order chi connectivity index (χ1) is 5.72. The van der Waals surface area contributed by atoms with Crippen LogP contribution in [-0.4, -0.2) is 18.3 Å². The van der Waals surface area contributed by atoms with Crippen molar-refractivity contribution in [2.45, 2.75) is 12.0 Å². The number of rotatable bonds is 1. The van der Waals surface area contributed by atoms with Crippen LogP contribution in [0.2, 0.25) is 5.02 Å². The molecule has 1 aliphatic rings. The van der Waals surface area contributed by atoms with Crippen molar-refractivity contribution in [1.29, 1.82) is 0 Å². The Bertz CT molecular complexity index is 278. The van der Waals surface area contributed by atoms with Gasteiger partial charge in [0, 0.05) is 13.0 Å². The number of aliphatic hydroxyl groups is 1. The van der Waals surface area contributed by atoms with Gasteiger partial charge in [0.05, 0.1) is 16.5 Å². The molecular formula is C8H9ClO2S. The summed E-state index contributed by atoms with van der Waals surface area (Å²) in [6.45, 7) is 0.984. The minimum Gasteiger partial charge on any atom is -0.382 e. The maximum Gasteiger partial charge on any atom is 0.126 e. The minimum atomic E-state index is -0.828. The summed E-state index contributed by atoms with van der Waals surface area (Å²) in [6, 6.07) is 1.80. The van der Waals surface area contributed by atoms with E-state index in [4.69, 9.17) is 16.3 Å². The van der Waals surface area contributed by atoms with Crippen molar-refractivity contribution in [1.82, 2.24) is 0 Å². The fraction of sp³-hybridized carbons (Fsp3) is 0.500. The van der Waals surface area contributed by atoms with Crippen LogP contribution in [0.1, 0.15) is 11.3 Å². The van der Waals surface area contributed by atoms with E-state index >= 15 is 0 Å². The van der Waals surface area contributed by atoms with Crippen molar-refractivity contribution >= 4 is 22.9 Å². The van der Waals surface area contributed by atoms with Crippen LogP contribution in [0.15, 0.2) is 11.4 Å². The molecule has 1 aromatic rings. The molecule has 0 aliphatic carbocycles. The second-order valence-electron chi connectivity index (χ2n) is 2.93. The van der Waals surface area contributed by atoms with Crippen LogP contribution < -0.4 is 0 Å². The van der Waals surface area contributed by atoms with Crippen molar-refractivity contribution < 1.29 is 9.84 Å². The van der Waals surface area contributed by atoms with Crippen LogP contribution in [0.4, 0.5) is 0 Å². The van der Waals surface area contributed by atoms with Crippen molar-refractivity contribution in [3.8, 4) is 0 Å². The van der Waals surface area contributed by atoms with E-state index in [2.05, 4.69) is 0 Å². The van der Waals surface area contributed by atoms with E-state index in [9.17, 15) is 5.11 Å². The third-order valence-electron chi connectivity index (χ3n) is 2.04. The van der Waals surface area contributed by atoms with E-state index in [0.717, 1.165) is 4.88 Å². The monoisotopic (exact) mass is 204 g/mol. The molecule has 2 nitrogen and oxygen atoms in total. The topological polar surface area (TPSA) is 29.5 Å². The molecule has 1 aromatic heterocycles. The lowest BCUT2D eigenvalue weighted by Crippen LogP contribution is -2.24. The quantitative estimate of drug-likeness (QED) is 0.759. The van der Waals surface area contributed by atoms with Crippen molar-refractivity contribution in [3.63, 3.8) is 0 Å². The number of halogens is 1. The highest BCUT2D eigenvalue weighted by Gasteiger charge is 2.36. The predicted molar refractivity (Wildman–Crippen MR) is 48.7 cm³/mol. The molecular weight excluding hydrogens is 196 g/mol. The third-order valence-corrected chi connectivity index (χ3v) is 3.58. The zero-order chi connectivity index (χ0) is 8.60. The highest BCUT2D eigenvalue weighted by atomic mass is 35.5. The molecule has 0 aromatic carbocycles. The molecule has 1 fully saturated rings. The summed E-state index contributed by atoms with van der Waals surface area (Å²) >= 11 is 7.39. The second-order valence-corrected chi connectivity index (χ2v) is 4.26. The van der Waals surface area contributed by atoms with E-state index in [1.807, 2.05) is 5.38 Å². The molecule has 0 bridgehead atoms. The van der Waals surface area contributed by atoms with Gasteiger partial charge in [-0.25, -0.2) is 0 Å². The first-order valence-corrected chi connectivity index (χ1v) is 5.02. The average Bonchev–Trinajstić information content (AvgIpc) is 2.59. The molecule has 12 heavy (non-hydrogen) atoms. The van der Waals surface area contributed by atoms with Gasteiger partial charge < -0.3 is 9.84 Å². The Morgan fingerprint density at radius 3 is 3.00 bits per heavy atom. The zero-order valence-electron chi connectivity index (χ0n) is 6.42. The molecule has 0 radical (unpaired) electrons. The highest BCUT2D eigenvalue weighted by molar-refractivity contribution is 7.10. The molecule has 1 N–H and O–H groups in total. The number of hydrogen-bond donors (Lipinski definition) is 1. The average molecular weight is 205 g/mol. The molecule has 66 valence electrons. The summed E-state index contributed by atoms with van der Waals surface area (Å²) in [5, 5.41) is 12.6. The Balaban J connectivity index is 2.34. The van der Waals surface area contributed by atoms with Gasteiger partial charge in [0.15, 0.2) is 0 Å². The summed E-state index contributed by atoms with van der Waals surface area (Å²) in [7, 11) is 0. The third kappa shape index (κ3) is 1.27. The molecule has 1 saturated heterocycles. The molecule has 0 amide bonds. The summed E-state index contributed by atoms with van der Waals surface area (Å²) in [5.74, 6) is 0. The van der Waals surface area contributed by atoms with Gasteiger partial charge in [0.25, 0.3) is 0 Å². The lowest BCUT2D eigenvalue weighted by molar-refractivity contribution is 0.0265. The van der Waals surface area contributed by atoms with E-state index in [0.29, 0.717) is 24.7 Å². The van der Waals surface area contributed by atoms with Crippen molar-refractivity contribution in [2.24, 2.45) is 0 Å². The van der Waals surface area contributed by atoms with Gasteiger partial charge in [-0.3, -0.25) is 0 Å². The summed E-state index contributed by atoms with van der Waals surface area (Å²) in [5.41, 5.74) is -0.828. The smallest absolute Gasteiger partial charge is 0.126 e. The molecule has 4 heteroatoms. The molecule has 2 rings (SSSR count). The van der Waals surface area contributed by atoms with E-state index in [-0.39, 0.29) is 0 Å². The molecule has 0 saturated carbocycles. The lowest BCUT2D eigenvalue weighted by atomic mass is 10.0. The van der Waals surface area contributed by atoms with Gasteiger partial charge in [-0.15, -0.1) is 11.3 Å². The largest absolute Gasteiger partial charge is 0.382 e. The van der Waals surface area contributed by atoms with Gasteiger partial charge >= 0.3 is 0 Å². The summed E-state index contributed by atoms with van der Waals surface area (Å²) < 4.78 is 5.14. The SMILES string of the molecule is OC1(c2sccc2Cl)CCOC1. The highest BCUT2D eigenvalue weighted by Crippen LogP contribution is 2.38. The van der Waals surface area contributed by atoms with E-state index < -0.39 is 5.60 Å². The van der Waals surface area contributed by atoms with Crippen LogP contribution in [0.5, 0.6) is 0 Å². The van der Waals surface area contributed by atoms with Crippen LogP contribution >= 0.6 is 22.9 Å². The van der Waals surface area contributed by atoms with Crippen molar-refractivity contribution in [2.75, 3.05) is 13.2 Å². The maximum atomic E-state index is 10.0. The Morgan fingerprint density at radius 1 is 1.67 bits per heavy atom. The van der Waals surface area contributed by atoms with Gasteiger partial charge in [0.2, 0.25) is 0 Å². The van der Waals surface area contributed by atoms with Crippen LogP contribution in [0.25, 0.3) is 0 Å². The summed E-state index contributed by atoms with van der Waals surface area (Å²) in [4.78, 5) is 0.835. The van der Waals surface area contributed by atoms with Crippen LogP contribution in [0.3, 0.4) is 0 Å². The van der Waals surface area contributed by atoms with Crippen LogP contribution in [-0.2, 0) is 10.3 Å². The zero-order valence-corrected chi connectivity index (χ0v) is 7.99. The van der Waals surface area contributed by atoms with Gasteiger partial charge in [0.1, 0.15) is 5.60 Å². The Morgan fingerprint density at radius 2 is 2.50 bits per heavy atom. The van der Waals surface area contributed by atoms with Crippen molar-refractivity contribution in [3.05, 3.63) is 21.3 Å². The Kier molecular flexibility index (Phi) is 2.12. The molecule has 1 aliphatic heterocycles. The number of hydrogen-bond acceptors (Lipinski definition) is 3. The number of ether oxygens (including phenoxy) is 1. The standard InChI is InChI=1S/C8H9ClO2S/c9-6-1-4-12-7(6)8(10)2-3-11-5-8/h1,4,10H,2-3,5H2. The maximum absolute atomic E-state index is 10.0. The molecule has 0 spiro atoms. The lowest BCUT2D eigenvalue weighted by Gasteiger charge is -2.18. The first-order valence-electron chi connectivity index (χ1n) is 3.76. The van der Waals surface area contributed by atoms with E-state index in [1.165, 1.54) is 11.3 Å². The van der Waals surface area contributed by atoms with E-state index in [1.54, 1.807) is 6.07 Å². The predicted octanol–water partition coefficient (Wildman–Crippen LogP) is 2.01. The molecule has 1 atom stereocenters. The first kappa shape index (κ1) is 8.51. The summed E-state index contributed by atoms with van der Waals surface area (Å²) in [6.07, 6.45) is 0.646. The Labute approximate surface area is 79.7 Å². The minimum absolute atomic E-state index is 0.368. The second kappa shape index (κ2) is 3.00. The van der Waals surface area contributed by atoms with Gasteiger partial charge in [-0.2, -0.15) is 0 Å². The van der Waals surface area contributed by atoms with Crippen LogP contribution in [0, 0.1) is 0 Å². The Hall–Kier alpha value is -0.0900. The fourth-order valence-electron chi connectivity index (χ4n) is 1.36.